The second kappa shape index (κ2) is 8.06. The van der Waals surface area contributed by atoms with Crippen LogP contribution in [-0.2, 0) is 0 Å². The van der Waals surface area contributed by atoms with E-state index in [-0.39, 0.29) is 11.6 Å². The maximum absolute atomic E-state index is 12.1. The molecule has 2 aromatic carbocycles. The summed E-state index contributed by atoms with van der Waals surface area (Å²) in [6, 6.07) is 16.9. The van der Waals surface area contributed by atoms with Crippen LogP contribution in [0, 0.1) is 0 Å². The fourth-order valence-corrected chi connectivity index (χ4v) is 3.86. The van der Waals surface area contributed by atoms with Crippen molar-refractivity contribution in [1.29, 1.82) is 0 Å². The Morgan fingerprint density at radius 2 is 1.83 bits per heavy atom. The molecule has 6 N–H and O–H groups in total. The van der Waals surface area contributed by atoms with Gasteiger partial charge in [-0.2, -0.15) is 5.10 Å². The van der Waals surface area contributed by atoms with Gasteiger partial charge < -0.3 is 21.9 Å². The van der Waals surface area contributed by atoms with Crippen LogP contribution in [0.15, 0.2) is 54.6 Å². The first-order valence-corrected chi connectivity index (χ1v) is 9.78. The van der Waals surface area contributed by atoms with Gasteiger partial charge in [-0.05, 0) is 30.5 Å². The lowest BCUT2D eigenvalue weighted by molar-refractivity contribution is 0.100. The summed E-state index contributed by atoms with van der Waals surface area (Å²) in [4.78, 5) is 12.1. The second-order valence-corrected chi connectivity index (χ2v) is 7.35. The molecule has 4 rings (SSSR count). The monoisotopic (exact) mass is 391 g/mol. The molecule has 0 radical (unpaired) electrons. The van der Waals surface area contributed by atoms with Crippen molar-refractivity contribution in [3.05, 3.63) is 71.3 Å². The van der Waals surface area contributed by atoms with E-state index in [0.717, 1.165) is 42.6 Å². The molecule has 2 atom stereocenters. The van der Waals surface area contributed by atoms with Crippen LogP contribution in [0.2, 0.25) is 0 Å². The van der Waals surface area contributed by atoms with E-state index >= 15 is 0 Å². The number of aromatic nitrogens is 2. The minimum Gasteiger partial charge on any atom is -0.384 e. The molecule has 150 valence electrons. The third kappa shape index (κ3) is 3.74. The number of hydrogen-bond acceptors (Lipinski definition) is 5. The zero-order chi connectivity index (χ0) is 20.4. The zero-order valence-corrected chi connectivity index (χ0v) is 16.1. The third-order valence-corrected chi connectivity index (χ3v) is 5.43. The molecule has 2 unspecified atom stereocenters. The van der Waals surface area contributed by atoms with Gasteiger partial charge in [-0.25, -0.2) is 4.68 Å². The predicted molar refractivity (Wildman–Crippen MR) is 112 cm³/mol. The van der Waals surface area contributed by atoms with Crippen LogP contribution >= 0.6 is 0 Å². The average molecular weight is 391 g/mol. The first-order valence-electron chi connectivity index (χ1n) is 9.78. The van der Waals surface area contributed by atoms with Crippen LogP contribution in [0.1, 0.15) is 46.5 Å². The molecule has 0 bridgehead atoms. The lowest BCUT2D eigenvalue weighted by Gasteiger charge is -2.23. The number of carbonyl (C=O) groups is 1. The summed E-state index contributed by atoms with van der Waals surface area (Å²) in [7, 11) is 0. The van der Waals surface area contributed by atoms with E-state index in [9.17, 15) is 9.90 Å². The standard InChI is InChI=1S/C22H25N5O2/c23-21-18(22(24)29)19(26-27(21)17-7-4-12-25-13-17)14-8-10-16(11-9-14)20(28)15-5-2-1-3-6-15/h1-3,5-6,8-11,17,20,25,28H,4,7,12-13,23H2,(H2,24,29). The van der Waals surface area contributed by atoms with E-state index in [0.29, 0.717) is 11.5 Å². The smallest absolute Gasteiger partial charge is 0.254 e. The lowest BCUT2D eigenvalue weighted by Crippen LogP contribution is -2.32. The Labute approximate surface area is 169 Å². The molecule has 1 saturated heterocycles. The van der Waals surface area contributed by atoms with Crippen molar-refractivity contribution in [2.24, 2.45) is 5.73 Å². The number of nitrogens with zero attached hydrogens (tertiary/aromatic N) is 2. The molecule has 29 heavy (non-hydrogen) atoms. The molecule has 7 heteroatoms. The molecule has 0 saturated carbocycles. The van der Waals surface area contributed by atoms with Gasteiger partial charge >= 0.3 is 0 Å². The van der Waals surface area contributed by atoms with Gasteiger partial charge in [-0.15, -0.1) is 0 Å². The van der Waals surface area contributed by atoms with Crippen molar-refractivity contribution < 1.29 is 9.90 Å². The first-order chi connectivity index (χ1) is 14.1. The van der Waals surface area contributed by atoms with Crippen molar-refractivity contribution in [3.63, 3.8) is 0 Å². The molecule has 0 spiro atoms. The molecule has 1 aliphatic heterocycles. The Balaban J connectivity index is 1.68. The second-order valence-electron chi connectivity index (χ2n) is 7.35. The van der Waals surface area contributed by atoms with E-state index in [1.807, 2.05) is 54.6 Å². The van der Waals surface area contributed by atoms with Gasteiger partial charge in [0.1, 0.15) is 23.2 Å². The summed E-state index contributed by atoms with van der Waals surface area (Å²) in [6.07, 6.45) is 1.24. The number of nitrogen functional groups attached to an aromatic ring is 1. The topological polar surface area (TPSA) is 119 Å². The Hall–Kier alpha value is -3.16. The van der Waals surface area contributed by atoms with Gasteiger partial charge in [0.25, 0.3) is 5.91 Å². The van der Waals surface area contributed by atoms with Crippen LogP contribution < -0.4 is 16.8 Å². The summed E-state index contributed by atoms with van der Waals surface area (Å²) in [5.41, 5.74) is 14.9. The Kier molecular flexibility index (Phi) is 5.33. The number of nitrogens with one attached hydrogen (secondary N) is 1. The Morgan fingerprint density at radius 1 is 1.14 bits per heavy atom. The highest BCUT2D eigenvalue weighted by Gasteiger charge is 2.26. The van der Waals surface area contributed by atoms with Crippen LogP contribution in [0.4, 0.5) is 5.82 Å². The summed E-state index contributed by atoms with van der Waals surface area (Å²) >= 11 is 0. The van der Waals surface area contributed by atoms with Gasteiger partial charge in [-0.1, -0.05) is 54.6 Å². The fraction of sp³-hybridized carbons (Fsp3) is 0.273. The zero-order valence-electron chi connectivity index (χ0n) is 16.1. The summed E-state index contributed by atoms with van der Waals surface area (Å²) in [5.74, 6) is -0.296. The van der Waals surface area contributed by atoms with E-state index in [4.69, 9.17) is 11.5 Å². The highest BCUT2D eigenvalue weighted by atomic mass is 16.3. The molecule has 1 aromatic heterocycles. The van der Waals surface area contributed by atoms with Crippen LogP contribution in [0.3, 0.4) is 0 Å². The maximum atomic E-state index is 12.1. The predicted octanol–water partition coefficient (Wildman–Crippen LogP) is 2.24. The minimum atomic E-state index is -0.725. The molecule has 2 heterocycles. The number of benzene rings is 2. The first kappa shape index (κ1) is 19.2. The number of amides is 1. The van der Waals surface area contributed by atoms with E-state index in [1.54, 1.807) is 4.68 Å². The molecule has 3 aromatic rings. The van der Waals surface area contributed by atoms with E-state index in [1.165, 1.54) is 0 Å². The average Bonchev–Trinajstić information content (AvgIpc) is 3.12. The molecular formula is C22H25N5O2. The van der Waals surface area contributed by atoms with Crippen molar-refractivity contribution in [2.45, 2.75) is 25.0 Å². The number of hydrogen-bond donors (Lipinski definition) is 4. The number of carbonyl (C=O) groups excluding carboxylic acids is 1. The number of primary amides is 1. The van der Waals surface area contributed by atoms with E-state index < -0.39 is 12.0 Å². The minimum absolute atomic E-state index is 0.0924. The third-order valence-electron chi connectivity index (χ3n) is 5.43. The lowest BCUT2D eigenvalue weighted by atomic mass is 9.99. The highest BCUT2D eigenvalue weighted by molar-refractivity contribution is 6.03. The largest absolute Gasteiger partial charge is 0.384 e. The van der Waals surface area contributed by atoms with Crippen LogP contribution in [0.25, 0.3) is 11.3 Å². The van der Waals surface area contributed by atoms with Crippen molar-refractivity contribution in [1.82, 2.24) is 15.1 Å². The Bertz CT molecular complexity index is 992. The van der Waals surface area contributed by atoms with E-state index in [2.05, 4.69) is 10.4 Å². The van der Waals surface area contributed by atoms with Gasteiger partial charge in [-0.3, -0.25) is 4.79 Å². The number of aliphatic hydroxyl groups excluding tert-OH is 1. The number of nitrogens with two attached hydrogens (primary N) is 2. The molecule has 0 aliphatic carbocycles. The summed E-state index contributed by atoms with van der Waals surface area (Å²) < 4.78 is 1.72. The SMILES string of the molecule is NC(=O)c1c(-c2ccc(C(O)c3ccccc3)cc2)nn(C2CCCNC2)c1N. The number of aliphatic hydroxyl groups is 1. The molecule has 7 nitrogen and oxygen atoms in total. The van der Waals surface area contributed by atoms with Gasteiger partial charge in [0.2, 0.25) is 0 Å². The molecular weight excluding hydrogens is 366 g/mol. The van der Waals surface area contributed by atoms with Crippen molar-refractivity contribution >= 4 is 11.7 Å². The molecule has 1 aliphatic rings. The van der Waals surface area contributed by atoms with Crippen molar-refractivity contribution in [3.8, 4) is 11.3 Å². The summed E-state index contributed by atoms with van der Waals surface area (Å²) in [6.45, 7) is 1.73. The Morgan fingerprint density at radius 3 is 2.45 bits per heavy atom. The van der Waals surface area contributed by atoms with Gasteiger partial charge in [0.05, 0.1) is 6.04 Å². The van der Waals surface area contributed by atoms with Crippen LogP contribution in [0.5, 0.6) is 0 Å². The molecule has 1 fully saturated rings. The van der Waals surface area contributed by atoms with Gasteiger partial charge in [0, 0.05) is 12.1 Å². The normalized spacial score (nSPS) is 17.8. The van der Waals surface area contributed by atoms with Crippen molar-refractivity contribution in [2.75, 3.05) is 18.8 Å². The number of rotatable bonds is 5. The van der Waals surface area contributed by atoms with Gasteiger partial charge in [0.15, 0.2) is 0 Å². The number of piperidine rings is 1. The quantitative estimate of drug-likeness (QED) is 0.532. The number of anilines is 1. The maximum Gasteiger partial charge on any atom is 0.254 e. The van der Waals surface area contributed by atoms with Crippen LogP contribution in [-0.4, -0.2) is 33.9 Å². The summed E-state index contributed by atoms with van der Waals surface area (Å²) in [5, 5.41) is 18.6. The molecule has 1 amide bonds. The fourth-order valence-electron chi connectivity index (χ4n) is 3.86. The highest BCUT2D eigenvalue weighted by Crippen LogP contribution is 2.32.